The third kappa shape index (κ3) is 4.24. The molecule has 3 heteroatoms. The first-order valence-corrected chi connectivity index (χ1v) is 6.67. The number of nitrogens with one attached hydrogen (secondary N) is 1. The van der Waals surface area contributed by atoms with Crippen LogP contribution in [0.4, 0.5) is 0 Å². The molecule has 1 aliphatic rings. The Bertz CT molecular complexity index is 325. The highest BCUT2D eigenvalue weighted by Crippen LogP contribution is 2.28. The van der Waals surface area contributed by atoms with Crippen LogP contribution < -0.4 is 5.32 Å². The summed E-state index contributed by atoms with van der Waals surface area (Å²) in [6.45, 7) is 3.60. The van der Waals surface area contributed by atoms with Gasteiger partial charge >= 0.3 is 0 Å². The quantitative estimate of drug-likeness (QED) is 0.777. The maximum absolute atomic E-state index is 5.55. The van der Waals surface area contributed by atoms with Crippen LogP contribution in [0.3, 0.4) is 0 Å². The maximum atomic E-state index is 5.55. The molecular weight excluding hydrogens is 266 g/mol. The zero-order chi connectivity index (χ0) is 11.2. The lowest BCUT2D eigenvalue weighted by Gasteiger charge is -2.07. The van der Waals surface area contributed by atoms with Crippen molar-refractivity contribution >= 4 is 15.9 Å². The van der Waals surface area contributed by atoms with E-state index in [0.717, 1.165) is 32.2 Å². The van der Waals surface area contributed by atoms with Gasteiger partial charge in [0.1, 0.15) is 0 Å². The number of halogens is 1. The summed E-state index contributed by atoms with van der Waals surface area (Å²) in [5, 5.41) is 3.38. The van der Waals surface area contributed by atoms with Gasteiger partial charge in [0.25, 0.3) is 0 Å². The number of ether oxygens (including phenoxy) is 1. The van der Waals surface area contributed by atoms with E-state index < -0.39 is 0 Å². The molecule has 1 fully saturated rings. The second-order valence-electron chi connectivity index (χ2n) is 4.29. The van der Waals surface area contributed by atoms with Gasteiger partial charge in [-0.2, -0.15) is 0 Å². The topological polar surface area (TPSA) is 21.3 Å². The Morgan fingerprint density at radius 1 is 1.31 bits per heavy atom. The predicted octanol–water partition coefficient (Wildman–Crippen LogP) is 2.97. The number of hydrogen-bond acceptors (Lipinski definition) is 2. The standard InChI is InChI=1S/C13H18BrNO/c14-13-4-2-1-3-12(13)9-15-7-8-16-10-11-5-6-11/h1-4,11,15H,5-10H2. The largest absolute Gasteiger partial charge is 0.380 e. The van der Waals surface area contributed by atoms with Gasteiger partial charge in [-0.25, -0.2) is 0 Å². The average molecular weight is 284 g/mol. The maximum Gasteiger partial charge on any atom is 0.0591 e. The third-order valence-electron chi connectivity index (χ3n) is 2.75. The SMILES string of the molecule is Brc1ccccc1CNCCOCC1CC1. The Morgan fingerprint density at radius 2 is 2.12 bits per heavy atom. The molecule has 2 nitrogen and oxygen atoms in total. The van der Waals surface area contributed by atoms with E-state index in [1.165, 1.54) is 22.9 Å². The van der Waals surface area contributed by atoms with E-state index in [4.69, 9.17) is 4.74 Å². The van der Waals surface area contributed by atoms with Crippen molar-refractivity contribution in [3.8, 4) is 0 Å². The van der Waals surface area contributed by atoms with Crippen molar-refractivity contribution < 1.29 is 4.74 Å². The summed E-state index contributed by atoms with van der Waals surface area (Å²) in [5.41, 5.74) is 1.30. The molecule has 0 aromatic heterocycles. The molecule has 2 rings (SSSR count). The minimum absolute atomic E-state index is 0.820. The third-order valence-corrected chi connectivity index (χ3v) is 3.52. The Hall–Kier alpha value is -0.380. The second kappa shape index (κ2) is 6.38. The normalized spacial score (nSPS) is 15.3. The molecule has 0 bridgehead atoms. The fourth-order valence-electron chi connectivity index (χ4n) is 1.54. The van der Waals surface area contributed by atoms with Gasteiger partial charge in [0.05, 0.1) is 6.61 Å². The van der Waals surface area contributed by atoms with Crippen LogP contribution in [0.15, 0.2) is 28.7 Å². The van der Waals surface area contributed by atoms with Crippen molar-refractivity contribution in [3.05, 3.63) is 34.3 Å². The van der Waals surface area contributed by atoms with Crippen LogP contribution in [-0.4, -0.2) is 19.8 Å². The summed E-state index contributed by atoms with van der Waals surface area (Å²) in [6.07, 6.45) is 2.73. The van der Waals surface area contributed by atoms with E-state index in [0.29, 0.717) is 0 Å². The van der Waals surface area contributed by atoms with E-state index >= 15 is 0 Å². The van der Waals surface area contributed by atoms with Crippen molar-refractivity contribution in [3.63, 3.8) is 0 Å². The van der Waals surface area contributed by atoms with Gasteiger partial charge in [-0.3, -0.25) is 0 Å². The Labute approximate surface area is 106 Å². The minimum Gasteiger partial charge on any atom is -0.380 e. The molecule has 0 radical (unpaired) electrons. The fourth-order valence-corrected chi connectivity index (χ4v) is 1.97. The Balaban J connectivity index is 1.55. The van der Waals surface area contributed by atoms with E-state index in [1.807, 2.05) is 6.07 Å². The van der Waals surface area contributed by atoms with Crippen LogP contribution in [0.1, 0.15) is 18.4 Å². The number of benzene rings is 1. The summed E-state index contributed by atoms with van der Waals surface area (Å²) in [6, 6.07) is 8.29. The molecule has 0 aliphatic heterocycles. The molecule has 1 aliphatic carbocycles. The molecule has 88 valence electrons. The van der Waals surface area contributed by atoms with Crippen molar-refractivity contribution in [2.45, 2.75) is 19.4 Å². The smallest absolute Gasteiger partial charge is 0.0591 e. The molecule has 0 heterocycles. The van der Waals surface area contributed by atoms with Gasteiger partial charge in [0.2, 0.25) is 0 Å². The van der Waals surface area contributed by atoms with E-state index in [2.05, 4.69) is 39.4 Å². The summed E-state index contributed by atoms with van der Waals surface area (Å²) in [7, 11) is 0. The molecule has 0 spiro atoms. The predicted molar refractivity (Wildman–Crippen MR) is 69.4 cm³/mol. The van der Waals surface area contributed by atoms with Gasteiger partial charge in [-0.05, 0) is 30.4 Å². The molecule has 1 saturated carbocycles. The Kier molecular flexibility index (Phi) is 4.82. The summed E-state index contributed by atoms with van der Waals surface area (Å²) >= 11 is 3.54. The lowest BCUT2D eigenvalue weighted by molar-refractivity contribution is 0.126. The highest BCUT2D eigenvalue weighted by atomic mass is 79.9. The Morgan fingerprint density at radius 3 is 2.88 bits per heavy atom. The number of hydrogen-bond donors (Lipinski definition) is 1. The molecular formula is C13H18BrNO. The summed E-state index contributed by atoms with van der Waals surface area (Å²) in [4.78, 5) is 0. The van der Waals surface area contributed by atoms with Gasteiger partial charge in [-0.15, -0.1) is 0 Å². The molecule has 1 aromatic carbocycles. The first kappa shape index (κ1) is 12.1. The van der Waals surface area contributed by atoms with E-state index in [1.54, 1.807) is 0 Å². The van der Waals surface area contributed by atoms with Gasteiger partial charge in [-0.1, -0.05) is 34.1 Å². The molecule has 1 aromatic rings. The summed E-state index contributed by atoms with van der Waals surface area (Å²) in [5.74, 6) is 0.864. The van der Waals surface area contributed by atoms with Crippen molar-refractivity contribution in [1.82, 2.24) is 5.32 Å². The molecule has 0 amide bonds. The fraction of sp³-hybridized carbons (Fsp3) is 0.538. The lowest BCUT2D eigenvalue weighted by atomic mass is 10.2. The van der Waals surface area contributed by atoms with Crippen LogP contribution >= 0.6 is 15.9 Å². The van der Waals surface area contributed by atoms with Crippen LogP contribution in [0.25, 0.3) is 0 Å². The highest BCUT2D eigenvalue weighted by molar-refractivity contribution is 9.10. The molecule has 0 atom stereocenters. The highest BCUT2D eigenvalue weighted by Gasteiger charge is 2.20. The summed E-state index contributed by atoms with van der Waals surface area (Å²) < 4.78 is 6.72. The second-order valence-corrected chi connectivity index (χ2v) is 5.14. The monoisotopic (exact) mass is 283 g/mol. The minimum atomic E-state index is 0.820. The number of rotatable bonds is 7. The first-order valence-electron chi connectivity index (χ1n) is 5.88. The molecule has 0 saturated heterocycles. The molecule has 16 heavy (non-hydrogen) atoms. The molecule has 0 unspecified atom stereocenters. The van der Waals surface area contributed by atoms with Gasteiger partial charge in [0.15, 0.2) is 0 Å². The van der Waals surface area contributed by atoms with Gasteiger partial charge < -0.3 is 10.1 Å². The van der Waals surface area contributed by atoms with Crippen LogP contribution in [0.5, 0.6) is 0 Å². The van der Waals surface area contributed by atoms with Crippen molar-refractivity contribution in [2.24, 2.45) is 5.92 Å². The van der Waals surface area contributed by atoms with Crippen LogP contribution in [0, 0.1) is 5.92 Å². The van der Waals surface area contributed by atoms with E-state index in [-0.39, 0.29) is 0 Å². The van der Waals surface area contributed by atoms with Crippen molar-refractivity contribution in [2.75, 3.05) is 19.8 Å². The zero-order valence-corrected chi connectivity index (χ0v) is 11.0. The first-order chi connectivity index (χ1) is 7.86. The van der Waals surface area contributed by atoms with Crippen molar-refractivity contribution in [1.29, 1.82) is 0 Å². The van der Waals surface area contributed by atoms with E-state index in [9.17, 15) is 0 Å². The molecule has 1 N–H and O–H groups in total. The van der Waals surface area contributed by atoms with Gasteiger partial charge in [0, 0.05) is 24.2 Å². The average Bonchev–Trinajstić information content (AvgIpc) is 3.09. The zero-order valence-electron chi connectivity index (χ0n) is 9.42. The van der Waals surface area contributed by atoms with Crippen LogP contribution in [0.2, 0.25) is 0 Å². The van der Waals surface area contributed by atoms with Crippen LogP contribution in [-0.2, 0) is 11.3 Å². The lowest BCUT2D eigenvalue weighted by Crippen LogP contribution is -2.19.